The van der Waals surface area contributed by atoms with Crippen LogP contribution in [0.15, 0.2) is 77.2 Å². The normalized spacial score (nSPS) is 10.8. The molecule has 1 amide bonds. The number of amides is 1. The van der Waals surface area contributed by atoms with E-state index < -0.39 is 0 Å². The number of benzene rings is 2. The maximum Gasteiger partial charge on any atom is 0.234 e. The Morgan fingerprint density at radius 3 is 1.92 bits per heavy atom. The van der Waals surface area contributed by atoms with Crippen LogP contribution in [0.5, 0.6) is 0 Å². The smallest absolute Gasteiger partial charge is 0.234 e. The molecule has 0 unspecified atom stereocenters. The van der Waals surface area contributed by atoms with E-state index in [1.807, 2.05) is 86.8 Å². The first-order valence-corrected chi connectivity index (χ1v) is 8.05. The van der Waals surface area contributed by atoms with Crippen molar-refractivity contribution in [1.82, 2.24) is 4.90 Å². The van der Waals surface area contributed by atoms with Crippen LogP contribution in [0.1, 0.15) is 28.6 Å². The summed E-state index contributed by atoms with van der Waals surface area (Å²) in [4.78, 5) is 14.9. The zero-order valence-corrected chi connectivity index (χ0v) is 14.0. The zero-order valence-electron chi connectivity index (χ0n) is 14.0. The molecule has 24 heavy (non-hydrogen) atoms. The van der Waals surface area contributed by atoms with Crippen molar-refractivity contribution < 1.29 is 9.21 Å². The van der Waals surface area contributed by atoms with E-state index in [1.165, 1.54) is 0 Å². The second-order valence-corrected chi connectivity index (χ2v) is 5.96. The van der Waals surface area contributed by atoms with E-state index in [0.29, 0.717) is 6.54 Å². The minimum atomic E-state index is -0.312. The molecule has 2 aromatic carbocycles. The van der Waals surface area contributed by atoms with E-state index in [1.54, 1.807) is 4.90 Å². The molecular weight excluding hydrogens is 298 g/mol. The average molecular weight is 319 g/mol. The predicted octanol–water partition coefficient (Wildman–Crippen LogP) is 4.38. The van der Waals surface area contributed by atoms with Gasteiger partial charge in [0.15, 0.2) is 0 Å². The summed E-state index contributed by atoms with van der Waals surface area (Å²) in [5, 5.41) is 0. The van der Waals surface area contributed by atoms with Gasteiger partial charge >= 0.3 is 0 Å². The van der Waals surface area contributed by atoms with E-state index in [2.05, 4.69) is 0 Å². The molecule has 0 aliphatic carbocycles. The highest BCUT2D eigenvalue weighted by molar-refractivity contribution is 5.87. The molecule has 1 aromatic heterocycles. The van der Waals surface area contributed by atoms with Crippen LogP contribution in [0, 0.1) is 6.92 Å². The van der Waals surface area contributed by atoms with Crippen molar-refractivity contribution in [2.45, 2.75) is 19.4 Å². The van der Waals surface area contributed by atoms with Crippen LogP contribution >= 0.6 is 0 Å². The standard InChI is InChI=1S/C21H21NO2/c1-16-13-14-19(24-16)15-22(2)21(23)20(17-9-5-3-6-10-17)18-11-7-4-8-12-18/h3-14,20H,15H2,1-2H3. The van der Waals surface area contributed by atoms with Gasteiger partial charge in [0.25, 0.3) is 0 Å². The Morgan fingerprint density at radius 2 is 1.46 bits per heavy atom. The molecule has 0 saturated carbocycles. The van der Waals surface area contributed by atoms with Crippen LogP contribution in [0.3, 0.4) is 0 Å². The van der Waals surface area contributed by atoms with Crippen LogP contribution < -0.4 is 0 Å². The molecule has 122 valence electrons. The Kier molecular flexibility index (Phi) is 4.80. The number of hydrogen-bond donors (Lipinski definition) is 0. The lowest BCUT2D eigenvalue weighted by molar-refractivity contribution is -0.131. The van der Waals surface area contributed by atoms with Gasteiger partial charge in [0, 0.05) is 7.05 Å². The predicted molar refractivity (Wildman–Crippen MR) is 94.6 cm³/mol. The molecule has 0 fully saturated rings. The lowest BCUT2D eigenvalue weighted by atomic mass is 9.90. The number of carbonyl (C=O) groups is 1. The van der Waals surface area contributed by atoms with E-state index in [4.69, 9.17) is 4.42 Å². The van der Waals surface area contributed by atoms with Gasteiger partial charge in [-0.15, -0.1) is 0 Å². The van der Waals surface area contributed by atoms with Crippen LogP contribution in [-0.4, -0.2) is 17.9 Å². The summed E-state index contributed by atoms with van der Waals surface area (Å²) in [6.07, 6.45) is 0. The minimum absolute atomic E-state index is 0.0569. The van der Waals surface area contributed by atoms with Crippen molar-refractivity contribution in [3.8, 4) is 0 Å². The maximum atomic E-state index is 13.1. The van der Waals surface area contributed by atoms with Crippen molar-refractivity contribution >= 4 is 5.91 Å². The van der Waals surface area contributed by atoms with Crippen molar-refractivity contribution in [3.05, 3.63) is 95.4 Å². The lowest BCUT2D eigenvalue weighted by Crippen LogP contribution is -2.31. The summed E-state index contributed by atoms with van der Waals surface area (Å²) in [7, 11) is 1.82. The summed E-state index contributed by atoms with van der Waals surface area (Å²) >= 11 is 0. The Balaban J connectivity index is 1.89. The van der Waals surface area contributed by atoms with Gasteiger partial charge in [-0.25, -0.2) is 0 Å². The third-order valence-corrected chi connectivity index (χ3v) is 4.08. The van der Waals surface area contributed by atoms with Gasteiger partial charge in [0.2, 0.25) is 5.91 Å². The van der Waals surface area contributed by atoms with Crippen LogP contribution in [0.2, 0.25) is 0 Å². The zero-order chi connectivity index (χ0) is 16.9. The van der Waals surface area contributed by atoms with Crippen LogP contribution in [0.25, 0.3) is 0 Å². The molecule has 3 aromatic rings. The van der Waals surface area contributed by atoms with Gasteiger partial charge in [0.05, 0.1) is 12.5 Å². The maximum absolute atomic E-state index is 13.1. The van der Waals surface area contributed by atoms with Gasteiger partial charge in [-0.05, 0) is 30.2 Å². The molecule has 3 nitrogen and oxygen atoms in total. The van der Waals surface area contributed by atoms with Crippen LogP contribution in [-0.2, 0) is 11.3 Å². The Morgan fingerprint density at radius 1 is 0.917 bits per heavy atom. The number of hydrogen-bond acceptors (Lipinski definition) is 2. The van der Waals surface area contributed by atoms with Gasteiger partial charge in [-0.3, -0.25) is 4.79 Å². The van der Waals surface area contributed by atoms with Crippen LogP contribution in [0.4, 0.5) is 0 Å². The van der Waals surface area contributed by atoms with Crippen molar-refractivity contribution in [3.63, 3.8) is 0 Å². The number of nitrogens with zero attached hydrogens (tertiary/aromatic N) is 1. The molecule has 0 N–H and O–H groups in total. The molecule has 0 aliphatic rings. The third-order valence-electron chi connectivity index (χ3n) is 4.08. The Bertz CT molecular complexity index is 753. The fourth-order valence-electron chi connectivity index (χ4n) is 2.87. The average Bonchev–Trinajstić information content (AvgIpc) is 3.02. The quantitative estimate of drug-likeness (QED) is 0.699. The number of aryl methyl sites for hydroxylation is 1. The highest BCUT2D eigenvalue weighted by Crippen LogP contribution is 2.27. The summed E-state index contributed by atoms with van der Waals surface area (Å²) in [5.41, 5.74) is 1.99. The summed E-state index contributed by atoms with van der Waals surface area (Å²) in [5.74, 6) is 1.40. The fourth-order valence-corrected chi connectivity index (χ4v) is 2.87. The van der Waals surface area contributed by atoms with E-state index >= 15 is 0 Å². The van der Waals surface area contributed by atoms with E-state index in [0.717, 1.165) is 22.6 Å². The summed E-state index contributed by atoms with van der Waals surface area (Å²) in [6.45, 7) is 2.37. The molecule has 3 heteroatoms. The van der Waals surface area contributed by atoms with Gasteiger partial charge in [-0.1, -0.05) is 60.7 Å². The monoisotopic (exact) mass is 319 g/mol. The highest BCUT2D eigenvalue weighted by Gasteiger charge is 2.26. The van der Waals surface area contributed by atoms with Gasteiger partial charge in [-0.2, -0.15) is 0 Å². The largest absolute Gasteiger partial charge is 0.464 e. The molecule has 1 heterocycles. The fraction of sp³-hybridized carbons (Fsp3) is 0.190. The molecule has 3 rings (SSSR count). The number of carbonyl (C=O) groups excluding carboxylic acids is 1. The Labute approximate surface area is 142 Å². The molecule has 0 saturated heterocycles. The highest BCUT2D eigenvalue weighted by atomic mass is 16.3. The van der Waals surface area contributed by atoms with Crippen molar-refractivity contribution in [2.75, 3.05) is 7.05 Å². The van der Waals surface area contributed by atoms with E-state index in [9.17, 15) is 4.79 Å². The third kappa shape index (κ3) is 3.57. The second kappa shape index (κ2) is 7.18. The van der Waals surface area contributed by atoms with E-state index in [-0.39, 0.29) is 11.8 Å². The molecule has 0 aliphatic heterocycles. The number of likely N-dealkylation sites (N-methyl/N-ethyl adjacent to an activating group) is 1. The Hall–Kier alpha value is -2.81. The lowest BCUT2D eigenvalue weighted by Gasteiger charge is -2.24. The van der Waals surface area contributed by atoms with Gasteiger partial charge < -0.3 is 9.32 Å². The van der Waals surface area contributed by atoms with Crippen molar-refractivity contribution in [2.24, 2.45) is 0 Å². The minimum Gasteiger partial charge on any atom is -0.464 e. The molecular formula is C21H21NO2. The topological polar surface area (TPSA) is 33.5 Å². The SMILES string of the molecule is Cc1ccc(CN(C)C(=O)C(c2ccccc2)c2ccccc2)o1. The first-order valence-electron chi connectivity index (χ1n) is 8.05. The second-order valence-electron chi connectivity index (χ2n) is 5.96. The molecule has 0 spiro atoms. The molecule has 0 atom stereocenters. The summed E-state index contributed by atoms with van der Waals surface area (Å²) in [6, 6.07) is 23.6. The summed E-state index contributed by atoms with van der Waals surface area (Å²) < 4.78 is 5.60. The number of rotatable bonds is 5. The molecule has 0 radical (unpaired) electrons. The van der Waals surface area contributed by atoms with Gasteiger partial charge in [0.1, 0.15) is 11.5 Å². The first-order chi connectivity index (χ1) is 11.6. The first kappa shape index (κ1) is 16.1. The molecule has 0 bridgehead atoms. The van der Waals surface area contributed by atoms with Crippen molar-refractivity contribution in [1.29, 1.82) is 0 Å². The number of furan rings is 1.